The zero-order chi connectivity index (χ0) is 9.26. The summed E-state index contributed by atoms with van der Waals surface area (Å²) in [6.45, 7) is 0. The number of anilines is 1. The standard InChI is InChI=1S/C5H4N8/c6-4-9-2-1-8-5(12-13-7)11-3(2)10-4/h1H,(H3,6,8,9,10,11). The lowest BCUT2D eigenvalue weighted by atomic mass is 10.6. The van der Waals surface area contributed by atoms with E-state index < -0.39 is 0 Å². The van der Waals surface area contributed by atoms with Crippen LogP contribution in [0.2, 0.25) is 0 Å². The summed E-state index contributed by atoms with van der Waals surface area (Å²) in [4.78, 5) is 16.7. The molecule has 0 saturated heterocycles. The quantitative estimate of drug-likeness (QED) is 0.379. The molecular weight excluding hydrogens is 172 g/mol. The Morgan fingerprint density at radius 2 is 2.38 bits per heavy atom. The third-order valence-corrected chi connectivity index (χ3v) is 1.38. The topological polar surface area (TPSA) is 129 Å². The molecule has 0 fully saturated rings. The van der Waals surface area contributed by atoms with Crippen molar-refractivity contribution in [2.24, 2.45) is 5.11 Å². The average Bonchev–Trinajstić information content (AvgIpc) is 2.44. The van der Waals surface area contributed by atoms with E-state index in [2.05, 4.69) is 30.0 Å². The van der Waals surface area contributed by atoms with E-state index in [0.717, 1.165) is 0 Å². The molecule has 64 valence electrons. The van der Waals surface area contributed by atoms with Gasteiger partial charge in [0.15, 0.2) is 11.6 Å². The molecule has 3 N–H and O–H groups in total. The molecular formula is C5H4N8. The number of fused-ring (bicyclic) bond motifs is 1. The number of nitrogens with zero attached hydrogens (tertiary/aromatic N) is 6. The number of aromatic nitrogens is 4. The van der Waals surface area contributed by atoms with Crippen molar-refractivity contribution in [2.45, 2.75) is 0 Å². The predicted molar refractivity (Wildman–Crippen MR) is 44.9 cm³/mol. The van der Waals surface area contributed by atoms with E-state index in [1.165, 1.54) is 6.20 Å². The third-order valence-electron chi connectivity index (χ3n) is 1.38. The highest BCUT2D eigenvalue weighted by atomic mass is 15.2. The van der Waals surface area contributed by atoms with Gasteiger partial charge in [0.2, 0.25) is 5.95 Å². The first kappa shape index (κ1) is 7.32. The van der Waals surface area contributed by atoms with Crippen molar-refractivity contribution in [3.05, 3.63) is 16.6 Å². The smallest absolute Gasteiger partial charge is 0.218 e. The van der Waals surface area contributed by atoms with E-state index in [-0.39, 0.29) is 11.9 Å². The fourth-order valence-electron chi connectivity index (χ4n) is 0.905. The first-order valence-corrected chi connectivity index (χ1v) is 3.33. The molecule has 0 spiro atoms. The van der Waals surface area contributed by atoms with Crippen LogP contribution in [0.1, 0.15) is 0 Å². The lowest BCUT2D eigenvalue weighted by Gasteiger charge is -1.87. The monoisotopic (exact) mass is 176 g/mol. The molecule has 0 unspecified atom stereocenters. The summed E-state index contributed by atoms with van der Waals surface area (Å²) < 4.78 is 0. The van der Waals surface area contributed by atoms with Crippen molar-refractivity contribution in [3.8, 4) is 0 Å². The average molecular weight is 176 g/mol. The van der Waals surface area contributed by atoms with Gasteiger partial charge in [0.25, 0.3) is 0 Å². The van der Waals surface area contributed by atoms with Crippen LogP contribution < -0.4 is 5.73 Å². The van der Waals surface area contributed by atoms with Gasteiger partial charge in [-0.15, -0.1) is 0 Å². The molecule has 2 rings (SSSR count). The van der Waals surface area contributed by atoms with Gasteiger partial charge in [-0.3, -0.25) is 0 Å². The van der Waals surface area contributed by atoms with Crippen LogP contribution in [0.4, 0.5) is 11.9 Å². The van der Waals surface area contributed by atoms with Crippen LogP contribution in [0, 0.1) is 0 Å². The molecule has 2 aromatic heterocycles. The number of hydrogen-bond acceptors (Lipinski definition) is 5. The van der Waals surface area contributed by atoms with Crippen molar-refractivity contribution in [1.29, 1.82) is 0 Å². The van der Waals surface area contributed by atoms with Crippen molar-refractivity contribution < 1.29 is 0 Å². The van der Waals surface area contributed by atoms with E-state index in [0.29, 0.717) is 11.2 Å². The van der Waals surface area contributed by atoms with Gasteiger partial charge in [-0.25, -0.2) is 9.97 Å². The lowest BCUT2D eigenvalue weighted by Crippen LogP contribution is -1.84. The summed E-state index contributed by atoms with van der Waals surface area (Å²) in [7, 11) is 0. The molecule has 2 heterocycles. The number of H-pyrrole nitrogens is 1. The Labute approximate surface area is 71.5 Å². The van der Waals surface area contributed by atoms with Crippen molar-refractivity contribution in [1.82, 2.24) is 19.9 Å². The number of azide groups is 1. The molecule has 8 heteroatoms. The maximum Gasteiger partial charge on any atom is 0.218 e. The van der Waals surface area contributed by atoms with E-state index >= 15 is 0 Å². The second kappa shape index (κ2) is 2.61. The predicted octanol–water partition coefficient (Wildman–Crippen LogP) is 0.877. The van der Waals surface area contributed by atoms with Gasteiger partial charge in [0.1, 0.15) is 5.52 Å². The molecule has 0 bridgehead atoms. The lowest BCUT2D eigenvalue weighted by molar-refractivity contribution is 1.15. The van der Waals surface area contributed by atoms with E-state index in [4.69, 9.17) is 11.3 Å². The van der Waals surface area contributed by atoms with E-state index in [9.17, 15) is 0 Å². The molecule has 0 amide bonds. The minimum atomic E-state index is 0.0292. The molecule has 0 aliphatic heterocycles. The number of hydrogen-bond donors (Lipinski definition) is 2. The summed E-state index contributed by atoms with van der Waals surface area (Å²) in [6, 6.07) is 0. The van der Waals surface area contributed by atoms with Crippen LogP contribution in [0.5, 0.6) is 0 Å². The summed E-state index contributed by atoms with van der Waals surface area (Å²) in [6.07, 6.45) is 1.45. The Morgan fingerprint density at radius 1 is 1.54 bits per heavy atom. The molecule has 8 nitrogen and oxygen atoms in total. The molecule has 0 aliphatic carbocycles. The van der Waals surface area contributed by atoms with Crippen LogP contribution in [-0.2, 0) is 0 Å². The Bertz CT molecular complexity index is 492. The van der Waals surface area contributed by atoms with Gasteiger partial charge in [0.05, 0.1) is 6.20 Å². The van der Waals surface area contributed by atoms with Gasteiger partial charge in [-0.1, -0.05) is 0 Å². The van der Waals surface area contributed by atoms with Gasteiger partial charge in [-0.2, -0.15) is 4.98 Å². The molecule has 0 aliphatic rings. The van der Waals surface area contributed by atoms with E-state index in [1.807, 2.05) is 0 Å². The third kappa shape index (κ3) is 1.21. The fraction of sp³-hybridized carbons (Fsp3) is 0. The van der Waals surface area contributed by atoms with Crippen LogP contribution in [0.15, 0.2) is 11.3 Å². The largest absolute Gasteiger partial charge is 0.369 e. The number of imidazole rings is 1. The molecule has 13 heavy (non-hydrogen) atoms. The molecule has 2 aromatic rings. The van der Waals surface area contributed by atoms with Gasteiger partial charge in [-0.05, 0) is 10.6 Å². The number of nitrogens with one attached hydrogen (secondary N) is 1. The maximum atomic E-state index is 8.12. The molecule has 0 radical (unpaired) electrons. The molecule has 0 saturated carbocycles. The summed E-state index contributed by atoms with van der Waals surface area (Å²) in [5.41, 5.74) is 14.5. The van der Waals surface area contributed by atoms with Crippen molar-refractivity contribution in [3.63, 3.8) is 0 Å². The number of nitrogens with two attached hydrogens (primary N) is 1. The Balaban J connectivity index is 2.67. The number of aromatic amines is 1. The minimum Gasteiger partial charge on any atom is -0.369 e. The first-order valence-electron chi connectivity index (χ1n) is 3.33. The Hall–Kier alpha value is -2.34. The second-order valence-electron chi connectivity index (χ2n) is 2.22. The fourth-order valence-corrected chi connectivity index (χ4v) is 0.905. The Morgan fingerprint density at radius 3 is 3.15 bits per heavy atom. The summed E-state index contributed by atoms with van der Waals surface area (Å²) in [5.74, 6) is 0.281. The minimum absolute atomic E-state index is 0.0292. The van der Waals surface area contributed by atoms with Gasteiger partial charge >= 0.3 is 0 Å². The van der Waals surface area contributed by atoms with Crippen LogP contribution in [-0.4, -0.2) is 19.9 Å². The number of rotatable bonds is 1. The first-order chi connectivity index (χ1) is 6.29. The molecule has 0 aromatic carbocycles. The number of nitrogen functional groups attached to an aromatic ring is 1. The van der Waals surface area contributed by atoms with Gasteiger partial charge < -0.3 is 10.7 Å². The van der Waals surface area contributed by atoms with Crippen LogP contribution in [0.25, 0.3) is 21.6 Å². The zero-order valence-corrected chi connectivity index (χ0v) is 6.34. The van der Waals surface area contributed by atoms with Crippen molar-refractivity contribution >= 4 is 23.1 Å². The maximum absolute atomic E-state index is 8.12. The highest BCUT2D eigenvalue weighted by Gasteiger charge is 2.01. The second-order valence-corrected chi connectivity index (χ2v) is 2.22. The Kier molecular flexibility index (Phi) is 1.47. The normalized spacial score (nSPS) is 9.85. The molecule has 0 atom stereocenters. The van der Waals surface area contributed by atoms with Crippen molar-refractivity contribution in [2.75, 3.05) is 5.73 Å². The highest BCUT2D eigenvalue weighted by molar-refractivity contribution is 5.72. The van der Waals surface area contributed by atoms with E-state index in [1.54, 1.807) is 0 Å². The SMILES string of the molecule is [N-]=[N+]=Nc1ncc2[nH]c(N)nc2n1. The van der Waals surface area contributed by atoms with Gasteiger partial charge in [0, 0.05) is 4.91 Å². The summed E-state index contributed by atoms with van der Waals surface area (Å²) in [5, 5.41) is 3.23. The summed E-state index contributed by atoms with van der Waals surface area (Å²) >= 11 is 0. The zero-order valence-electron chi connectivity index (χ0n) is 6.34. The van der Waals surface area contributed by atoms with Crippen LogP contribution >= 0.6 is 0 Å². The highest BCUT2D eigenvalue weighted by Crippen LogP contribution is 2.12. The van der Waals surface area contributed by atoms with Crippen LogP contribution in [0.3, 0.4) is 0 Å².